The molecule has 1 aliphatic heterocycles. The van der Waals surface area contributed by atoms with E-state index in [0.29, 0.717) is 11.3 Å². The van der Waals surface area contributed by atoms with E-state index in [-0.39, 0.29) is 0 Å². The van der Waals surface area contributed by atoms with Crippen LogP contribution < -0.4 is 11.2 Å². The fraction of sp³-hybridized carbons (Fsp3) is 0.111. The second kappa shape index (κ2) is 3.02. The molecule has 2 rings (SSSR count). The molecule has 1 amide bonds. The standard InChI is InChI=1S/C9H8N2O3/c10-6-3-1-2-5(4-6)7-8(12)11-14-9(7)13/h1-4,7H,10H2,(H,11,12). The van der Waals surface area contributed by atoms with Gasteiger partial charge in [0.1, 0.15) is 0 Å². The Balaban J connectivity index is 2.39. The summed E-state index contributed by atoms with van der Waals surface area (Å²) >= 11 is 0. The number of hydrogen-bond donors (Lipinski definition) is 2. The van der Waals surface area contributed by atoms with E-state index in [1.807, 2.05) is 5.48 Å². The summed E-state index contributed by atoms with van der Waals surface area (Å²) < 4.78 is 0. The van der Waals surface area contributed by atoms with Crippen LogP contribution in [0.25, 0.3) is 0 Å². The highest BCUT2D eigenvalue weighted by Crippen LogP contribution is 2.22. The molecule has 3 N–H and O–H groups in total. The number of nitrogens with two attached hydrogens (primary N) is 1. The van der Waals surface area contributed by atoms with Crippen LogP contribution in [0.3, 0.4) is 0 Å². The summed E-state index contributed by atoms with van der Waals surface area (Å²) in [6.45, 7) is 0. The van der Waals surface area contributed by atoms with Crippen molar-refractivity contribution in [1.29, 1.82) is 0 Å². The number of benzene rings is 1. The van der Waals surface area contributed by atoms with Crippen LogP contribution in [0, 0.1) is 0 Å². The molecule has 1 aromatic rings. The predicted octanol–water partition coefficient (Wildman–Crippen LogP) is -0.0596. The van der Waals surface area contributed by atoms with Gasteiger partial charge >= 0.3 is 5.97 Å². The molecule has 0 aliphatic carbocycles. The molecule has 1 aromatic carbocycles. The van der Waals surface area contributed by atoms with Gasteiger partial charge < -0.3 is 10.6 Å². The number of hydrogen-bond acceptors (Lipinski definition) is 4. The molecule has 0 spiro atoms. The minimum Gasteiger partial charge on any atom is -0.399 e. The molecule has 14 heavy (non-hydrogen) atoms. The molecular weight excluding hydrogens is 184 g/mol. The van der Waals surface area contributed by atoms with Crippen LogP contribution in [0.4, 0.5) is 5.69 Å². The zero-order chi connectivity index (χ0) is 10.1. The third-order valence-electron chi connectivity index (χ3n) is 1.99. The normalized spacial score (nSPS) is 20.4. The monoisotopic (exact) mass is 192 g/mol. The van der Waals surface area contributed by atoms with Gasteiger partial charge in [0.25, 0.3) is 5.91 Å². The first kappa shape index (κ1) is 8.55. The van der Waals surface area contributed by atoms with Crippen molar-refractivity contribution in [2.45, 2.75) is 5.92 Å². The predicted molar refractivity (Wildman–Crippen MR) is 47.8 cm³/mol. The van der Waals surface area contributed by atoms with Gasteiger partial charge in [-0.15, -0.1) is 0 Å². The van der Waals surface area contributed by atoms with Crippen LogP contribution >= 0.6 is 0 Å². The Kier molecular flexibility index (Phi) is 1.85. The van der Waals surface area contributed by atoms with E-state index in [9.17, 15) is 9.59 Å². The Labute approximate surface area is 79.8 Å². The Hall–Kier alpha value is -2.04. The van der Waals surface area contributed by atoms with Crippen LogP contribution in [0.1, 0.15) is 11.5 Å². The van der Waals surface area contributed by atoms with Crippen molar-refractivity contribution in [3.8, 4) is 0 Å². The van der Waals surface area contributed by atoms with Crippen molar-refractivity contribution in [2.75, 3.05) is 5.73 Å². The SMILES string of the molecule is Nc1cccc(C2C(=O)NOC2=O)c1. The second-order valence-corrected chi connectivity index (χ2v) is 2.99. The Morgan fingerprint density at radius 2 is 2.14 bits per heavy atom. The maximum absolute atomic E-state index is 11.2. The molecule has 0 saturated carbocycles. The topological polar surface area (TPSA) is 81.4 Å². The number of carbonyl (C=O) groups excluding carboxylic acids is 2. The van der Waals surface area contributed by atoms with Crippen LogP contribution in [0.15, 0.2) is 24.3 Å². The number of nitrogens with one attached hydrogen (secondary N) is 1. The summed E-state index contributed by atoms with van der Waals surface area (Å²) in [6, 6.07) is 6.61. The van der Waals surface area contributed by atoms with Gasteiger partial charge in [-0.05, 0) is 17.7 Å². The first-order chi connectivity index (χ1) is 6.68. The smallest absolute Gasteiger partial charge is 0.349 e. The van der Waals surface area contributed by atoms with Crippen molar-refractivity contribution >= 4 is 17.6 Å². The number of hydroxylamine groups is 1. The molecule has 5 nitrogen and oxygen atoms in total. The number of carbonyl (C=O) groups is 2. The third-order valence-corrected chi connectivity index (χ3v) is 1.99. The molecule has 1 atom stereocenters. The van der Waals surface area contributed by atoms with Crippen LogP contribution in [-0.4, -0.2) is 11.9 Å². The minimum absolute atomic E-state index is 0.458. The van der Waals surface area contributed by atoms with Gasteiger partial charge in [-0.1, -0.05) is 12.1 Å². The van der Waals surface area contributed by atoms with Crippen LogP contribution in [0.5, 0.6) is 0 Å². The lowest BCUT2D eigenvalue weighted by Crippen LogP contribution is -2.17. The summed E-state index contributed by atoms with van der Waals surface area (Å²) in [6.07, 6.45) is 0. The molecule has 0 aromatic heterocycles. The fourth-order valence-electron chi connectivity index (χ4n) is 1.35. The highest BCUT2D eigenvalue weighted by molar-refractivity contribution is 6.06. The van der Waals surface area contributed by atoms with Gasteiger partial charge in [0.05, 0.1) is 0 Å². The molecule has 1 fully saturated rings. The van der Waals surface area contributed by atoms with E-state index < -0.39 is 17.8 Å². The van der Waals surface area contributed by atoms with Crippen molar-refractivity contribution in [1.82, 2.24) is 5.48 Å². The van der Waals surface area contributed by atoms with Crippen LogP contribution in [0.2, 0.25) is 0 Å². The molecule has 1 unspecified atom stereocenters. The molecule has 72 valence electrons. The van der Waals surface area contributed by atoms with E-state index in [1.165, 1.54) is 0 Å². The molecular formula is C9H8N2O3. The van der Waals surface area contributed by atoms with Gasteiger partial charge in [0, 0.05) is 5.69 Å². The van der Waals surface area contributed by atoms with Crippen LogP contribution in [-0.2, 0) is 14.4 Å². The highest BCUT2D eigenvalue weighted by atomic mass is 16.7. The number of rotatable bonds is 1. The van der Waals surface area contributed by atoms with Gasteiger partial charge in [-0.3, -0.25) is 4.79 Å². The number of anilines is 1. The number of amides is 1. The maximum Gasteiger partial charge on any atom is 0.349 e. The fourth-order valence-corrected chi connectivity index (χ4v) is 1.35. The van der Waals surface area contributed by atoms with Gasteiger partial charge in [0.2, 0.25) is 0 Å². The average Bonchev–Trinajstić information content (AvgIpc) is 2.46. The zero-order valence-electron chi connectivity index (χ0n) is 7.19. The Bertz CT molecular complexity index is 387. The minimum atomic E-state index is -0.890. The molecule has 0 radical (unpaired) electrons. The molecule has 5 heteroatoms. The Morgan fingerprint density at radius 3 is 2.71 bits per heavy atom. The first-order valence-electron chi connectivity index (χ1n) is 4.04. The maximum atomic E-state index is 11.2. The van der Waals surface area contributed by atoms with E-state index in [0.717, 1.165) is 0 Å². The lowest BCUT2D eigenvalue weighted by molar-refractivity contribution is -0.144. The van der Waals surface area contributed by atoms with E-state index in [4.69, 9.17) is 5.73 Å². The summed E-state index contributed by atoms with van der Waals surface area (Å²) in [5, 5.41) is 0. The third kappa shape index (κ3) is 1.28. The van der Waals surface area contributed by atoms with E-state index in [1.54, 1.807) is 24.3 Å². The summed E-state index contributed by atoms with van der Waals surface area (Å²) in [5.74, 6) is -1.94. The highest BCUT2D eigenvalue weighted by Gasteiger charge is 2.37. The van der Waals surface area contributed by atoms with Gasteiger partial charge in [-0.2, -0.15) is 5.48 Å². The largest absolute Gasteiger partial charge is 0.399 e. The summed E-state index contributed by atoms with van der Waals surface area (Å²) in [7, 11) is 0. The van der Waals surface area contributed by atoms with E-state index in [2.05, 4.69) is 4.84 Å². The summed E-state index contributed by atoms with van der Waals surface area (Å²) in [5.41, 5.74) is 8.60. The van der Waals surface area contributed by atoms with Gasteiger partial charge in [-0.25, -0.2) is 4.79 Å². The van der Waals surface area contributed by atoms with Crippen molar-refractivity contribution in [2.24, 2.45) is 0 Å². The second-order valence-electron chi connectivity index (χ2n) is 2.99. The van der Waals surface area contributed by atoms with Crippen molar-refractivity contribution in [3.63, 3.8) is 0 Å². The summed E-state index contributed by atoms with van der Waals surface area (Å²) in [4.78, 5) is 26.7. The van der Waals surface area contributed by atoms with Crippen molar-refractivity contribution in [3.05, 3.63) is 29.8 Å². The first-order valence-corrected chi connectivity index (χ1v) is 4.04. The molecule has 1 aliphatic rings. The molecule has 0 bridgehead atoms. The number of nitrogen functional groups attached to an aromatic ring is 1. The van der Waals surface area contributed by atoms with Gasteiger partial charge in [0.15, 0.2) is 5.92 Å². The lowest BCUT2D eigenvalue weighted by atomic mass is 9.99. The van der Waals surface area contributed by atoms with E-state index >= 15 is 0 Å². The van der Waals surface area contributed by atoms with Crippen molar-refractivity contribution < 1.29 is 14.4 Å². The molecule has 1 saturated heterocycles. The zero-order valence-corrected chi connectivity index (χ0v) is 7.19. The lowest BCUT2D eigenvalue weighted by Gasteiger charge is -2.03. The average molecular weight is 192 g/mol. The quantitative estimate of drug-likeness (QED) is 0.482. The Morgan fingerprint density at radius 1 is 1.36 bits per heavy atom. The molecule has 1 heterocycles.